The molecule has 8 nitrogen and oxygen atoms in total. The van der Waals surface area contributed by atoms with E-state index in [0.29, 0.717) is 11.4 Å². The monoisotopic (exact) mass is 291 g/mol. The quantitative estimate of drug-likeness (QED) is 0.639. The van der Waals surface area contributed by atoms with Gasteiger partial charge in [0.15, 0.2) is 0 Å². The lowest BCUT2D eigenvalue weighted by atomic mass is 10.2. The third-order valence-corrected chi connectivity index (χ3v) is 4.27. The first kappa shape index (κ1) is 15.6. The number of ether oxygens (including phenoxy) is 1. The van der Waals surface area contributed by atoms with Gasteiger partial charge in [-0.05, 0) is 20.3 Å². The van der Waals surface area contributed by atoms with Gasteiger partial charge in [-0.15, -0.1) is 0 Å². The molecule has 1 atom stereocenters. The van der Waals surface area contributed by atoms with E-state index in [2.05, 4.69) is 14.9 Å². The van der Waals surface area contributed by atoms with Crippen LogP contribution in [0.5, 0.6) is 0 Å². The van der Waals surface area contributed by atoms with Crippen LogP contribution in [0.2, 0.25) is 0 Å². The number of hydrogen-bond acceptors (Lipinski definition) is 5. The number of aromatic amines is 1. The standard InChI is InChI=1S/C10H17N3O5S/c1-6-9(7(2)12-11-6)19(16,17)13-8(10(14)15)4-5-18-3/h8,13H,4-5H2,1-3H3,(H,11,12)(H,14,15). The molecule has 0 fully saturated rings. The minimum atomic E-state index is -3.93. The molecule has 3 N–H and O–H groups in total. The predicted octanol–water partition coefficient (Wildman–Crippen LogP) is -0.205. The van der Waals surface area contributed by atoms with Crippen LogP contribution in [0, 0.1) is 13.8 Å². The highest BCUT2D eigenvalue weighted by Crippen LogP contribution is 2.17. The molecule has 108 valence electrons. The summed E-state index contributed by atoms with van der Waals surface area (Å²) in [5.41, 5.74) is 0.654. The van der Waals surface area contributed by atoms with E-state index < -0.39 is 22.0 Å². The molecule has 1 rings (SSSR count). The molecule has 0 amide bonds. The van der Waals surface area contributed by atoms with Crippen molar-refractivity contribution in [2.24, 2.45) is 0 Å². The minimum Gasteiger partial charge on any atom is -0.480 e. The molecule has 0 spiro atoms. The van der Waals surface area contributed by atoms with Crippen LogP contribution in [0.4, 0.5) is 0 Å². The van der Waals surface area contributed by atoms with E-state index in [1.165, 1.54) is 14.0 Å². The van der Waals surface area contributed by atoms with Gasteiger partial charge in [0.05, 0.1) is 11.4 Å². The Morgan fingerprint density at radius 3 is 2.58 bits per heavy atom. The molecule has 1 aromatic rings. The van der Waals surface area contributed by atoms with Crippen LogP contribution in [0.25, 0.3) is 0 Å². The molecule has 0 aliphatic rings. The van der Waals surface area contributed by atoms with Gasteiger partial charge in [-0.25, -0.2) is 8.42 Å². The third-order valence-electron chi connectivity index (χ3n) is 2.54. The fourth-order valence-electron chi connectivity index (χ4n) is 1.65. The summed E-state index contributed by atoms with van der Waals surface area (Å²) < 4.78 is 31.2. The number of carboxylic acids is 1. The largest absolute Gasteiger partial charge is 0.480 e. The maximum atomic E-state index is 12.1. The highest BCUT2D eigenvalue weighted by Gasteiger charge is 2.28. The second-order valence-electron chi connectivity index (χ2n) is 4.06. The molecule has 9 heteroatoms. The van der Waals surface area contributed by atoms with Crippen LogP contribution < -0.4 is 4.72 Å². The van der Waals surface area contributed by atoms with E-state index in [1.807, 2.05) is 0 Å². The fraction of sp³-hybridized carbons (Fsp3) is 0.600. The Hall–Kier alpha value is -1.45. The number of aliphatic carboxylic acids is 1. The number of H-pyrrole nitrogens is 1. The summed E-state index contributed by atoms with van der Waals surface area (Å²) in [4.78, 5) is 11.0. The number of aryl methyl sites for hydroxylation is 2. The number of methoxy groups -OCH3 is 1. The first-order valence-electron chi connectivity index (χ1n) is 5.55. The van der Waals surface area contributed by atoms with Crippen LogP contribution >= 0.6 is 0 Å². The van der Waals surface area contributed by atoms with E-state index >= 15 is 0 Å². The summed E-state index contributed by atoms with van der Waals surface area (Å²) >= 11 is 0. The van der Waals surface area contributed by atoms with Crippen molar-refractivity contribution >= 4 is 16.0 Å². The SMILES string of the molecule is COCCC(NS(=O)(=O)c1c(C)n[nH]c1C)C(=O)O. The highest BCUT2D eigenvalue weighted by molar-refractivity contribution is 7.89. The molecule has 0 saturated heterocycles. The van der Waals surface area contributed by atoms with Gasteiger partial charge in [0.1, 0.15) is 10.9 Å². The zero-order valence-corrected chi connectivity index (χ0v) is 11.7. The van der Waals surface area contributed by atoms with Crippen LogP contribution in [0.1, 0.15) is 17.8 Å². The molecule has 0 aromatic carbocycles. The predicted molar refractivity (Wildman–Crippen MR) is 66.3 cm³/mol. The number of hydrogen-bond donors (Lipinski definition) is 3. The normalized spacial score (nSPS) is 13.4. The Labute approximate surface area is 111 Å². The fourth-order valence-corrected chi connectivity index (χ4v) is 3.25. The lowest BCUT2D eigenvalue weighted by Crippen LogP contribution is -2.41. The van der Waals surface area contributed by atoms with Gasteiger partial charge >= 0.3 is 5.97 Å². The van der Waals surface area contributed by atoms with Crippen molar-refractivity contribution in [3.63, 3.8) is 0 Å². The van der Waals surface area contributed by atoms with Gasteiger partial charge in [0.2, 0.25) is 10.0 Å². The molecule has 0 radical (unpaired) electrons. The van der Waals surface area contributed by atoms with Crippen LogP contribution in [-0.2, 0) is 19.6 Å². The van der Waals surface area contributed by atoms with Crippen molar-refractivity contribution in [3.8, 4) is 0 Å². The molecular formula is C10H17N3O5S. The smallest absolute Gasteiger partial charge is 0.321 e. The summed E-state index contributed by atoms with van der Waals surface area (Å²) in [6, 6.07) is -1.24. The number of rotatable bonds is 7. The average molecular weight is 291 g/mol. The van der Waals surface area contributed by atoms with Gasteiger partial charge in [-0.2, -0.15) is 9.82 Å². The molecular weight excluding hydrogens is 274 g/mol. The highest BCUT2D eigenvalue weighted by atomic mass is 32.2. The van der Waals surface area contributed by atoms with E-state index in [9.17, 15) is 13.2 Å². The maximum absolute atomic E-state index is 12.1. The molecule has 0 aliphatic carbocycles. The Morgan fingerprint density at radius 1 is 1.53 bits per heavy atom. The number of carbonyl (C=O) groups is 1. The van der Waals surface area contributed by atoms with Crippen molar-refractivity contribution in [2.45, 2.75) is 31.2 Å². The molecule has 1 unspecified atom stereocenters. The van der Waals surface area contributed by atoms with Crippen LogP contribution in [0.15, 0.2) is 4.90 Å². The van der Waals surface area contributed by atoms with E-state index in [4.69, 9.17) is 9.84 Å². The molecule has 0 aliphatic heterocycles. The van der Waals surface area contributed by atoms with E-state index in [1.54, 1.807) is 6.92 Å². The Morgan fingerprint density at radius 2 is 2.16 bits per heavy atom. The van der Waals surface area contributed by atoms with E-state index in [-0.39, 0.29) is 17.9 Å². The number of nitrogens with zero attached hydrogens (tertiary/aromatic N) is 1. The second-order valence-corrected chi connectivity index (χ2v) is 5.71. The topological polar surface area (TPSA) is 121 Å². The van der Waals surface area contributed by atoms with Crippen LogP contribution in [-0.4, -0.2) is 49.4 Å². The van der Waals surface area contributed by atoms with Gasteiger partial charge in [-0.1, -0.05) is 0 Å². The molecule has 0 bridgehead atoms. The Bertz CT molecular complexity index is 532. The van der Waals surface area contributed by atoms with Gasteiger partial charge in [-0.3, -0.25) is 9.89 Å². The third kappa shape index (κ3) is 3.75. The maximum Gasteiger partial charge on any atom is 0.321 e. The number of sulfonamides is 1. The lowest BCUT2D eigenvalue weighted by Gasteiger charge is -2.14. The first-order valence-corrected chi connectivity index (χ1v) is 7.03. The second kappa shape index (κ2) is 6.13. The molecule has 19 heavy (non-hydrogen) atoms. The van der Waals surface area contributed by atoms with Crippen molar-refractivity contribution < 1.29 is 23.1 Å². The summed E-state index contributed by atoms with van der Waals surface area (Å²) in [5.74, 6) is -1.25. The van der Waals surface area contributed by atoms with Gasteiger partial charge in [0.25, 0.3) is 0 Å². The van der Waals surface area contributed by atoms with Gasteiger partial charge < -0.3 is 9.84 Å². The molecule has 1 aromatic heterocycles. The summed E-state index contributed by atoms with van der Waals surface area (Å²) in [7, 11) is -2.52. The van der Waals surface area contributed by atoms with Crippen LogP contribution in [0.3, 0.4) is 0 Å². The average Bonchev–Trinajstić information content (AvgIpc) is 2.64. The summed E-state index contributed by atoms with van der Waals surface area (Å²) in [5, 5.41) is 15.3. The van der Waals surface area contributed by atoms with E-state index in [0.717, 1.165) is 0 Å². The summed E-state index contributed by atoms with van der Waals surface area (Å²) in [6.07, 6.45) is 0.0427. The number of nitrogens with one attached hydrogen (secondary N) is 2. The Kier molecular flexibility index (Phi) is 5.04. The first-order chi connectivity index (χ1) is 8.79. The van der Waals surface area contributed by atoms with Crippen molar-refractivity contribution in [3.05, 3.63) is 11.4 Å². The minimum absolute atomic E-state index is 0.0174. The zero-order chi connectivity index (χ0) is 14.6. The van der Waals surface area contributed by atoms with Gasteiger partial charge in [0, 0.05) is 13.7 Å². The zero-order valence-electron chi connectivity index (χ0n) is 10.9. The number of carboxylic acid groups (broad SMARTS) is 1. The van der Waals surface area contributed by atoms with Crippen molar-refractivity contribution in [1.82, 2.24) is 14.9 Å². The summed E-state index contributed by atoms with van der Waals surface area (Å²) in [6.45, 7) is 3.23. The molecule has 1 heterocycles. The number of aromatic nitrogens is 2. The molecule has 0 saturated carbocycles. The van der Waals surface area contributed by atoms with Crippen molar-refractivity contribution in [2.75, 3.05) is 13.7 Å². The lowest BCUT2D eigenvalue weighted by molar-refractivity contribution is -0.139. The Balaban J connectivity index is 2.98. The van der Waals surface area contributed by atoms with Crippen molar-refractivity contribution in [1.29, 1.82) is 0 Å².